The second-order valence-electron chi connectivity index (χ2n) is 5.72. The molecule has 2 rings (SSSR count). The van der Waals surface area contributed by atoms with Gasteiger partial charge in [-0.15, -0.1) is 0 Å². The molecule has 1 aromatic carbocycles. The Balaban J connectivity index is 2.18. The Morgan fingerprint density at radius 1 is 1.44 bits per heavy atom. The number of nitrogens with one attached hydrogen (secondary N) is 2. The molecule has 0 radical (unpaired) electrons. The standard InChI is InChI=1S/C16H23FN2O5S/c1-2-24-15(20)11-18-16(5-7-23-8-6-16)13-4-3-12(14(17)9-13)10-19-25(21)22/h3-4,9,18-19H,2,5-8,10-11H2,1H3,(H,21,22)/p-1. The van der Waals surface area contributed by atoms with E-state index in [0.717, 1.165) is 0 Å². The third kappa shape index (κ3) is 5.55. The molecule has 140 valence electrons. The van der Waals surface area contributed by atoms with Crippen molar-refractivity contribution < 1.29 is 27.4 Å². The topological polar surface area (TPSA) is 99.7 Å². The predicted molar refractivity (Wildman–Crippen MR) is 88.5 cm³/mol. The number of rotatable bonds is 8. The maximum absolute atomic E-state index is 14.4. The van der Waals surface area contributed by atoms with E-state index in [1.165, 1.54) is 6.07 Å². The third-order valence-corrected chi connectivity index (χ3v) is 4.59. The Morgan fingerprint density at radius 3 is 2.76 bits per heavy atom. The van der Waals surface area contributed by atoms with Crippen LogP contribution >= 0.6 is 0 Å². The zero-order chi connectivity index (χ0) is 18.3. The number of hydrogen-bond donors (Lipinski definition) is 2. The van der Waals surface area contributed by atoms with Crippen molar-refractivity contribution in [3.05, 3.63) is 35.1 Å². The van der Waals surface area contributed by atoms with Gasteiger partial charge in [0.1, 0.15) is 5.82 Å². The van der Waals surface area contributed by atoms with Crippen molar-refractivity contribution in [2.75, 3.05) is 26.4 Å². The molecular weight excluding hydrogens is 351 g/mol. The molecule has 9 heteroatoms. The van der Waals surface area contributed by atoms with Gasteiger partial charge in [0.2, 0.25) is 0 Å². The Labute approximate surface area is 148 Å². The van der Waals surface area contributed by atoms with Crippen LogP contribution in [0.1, 0.15) is 30.9 Å². The van der Waals surface area contributed by atoms with Crippen LogP contribution in [-0.4, -0.2) is 41.1 Å². The first-order valence-electron chi connectivity index (χ1n) is 8.07. The van der Waals surface area contributed by atoms with Crippen molar-refractivity contribution in [2.24, 2.45) is 0 Å². The van der Waals surface area contributed by atoms with Gasteiger partial charge in [-0.3, -0.25) is 14.3 Å². The van der Waals surface area contributed by atoms with Crippen LogP contribution in [0.2, 0.25) is 0 Å². The zero-order valence-corrected chi connectivity index (χ0v) is 14.8. The first-order valence-corrected chi connectivity index (χ1v) is 9.14. The number of benzene rings is 1. The molecule has 1 saturated heterocycles. The average molecular weight is 373 g/mol. The van der Waals surface area contributed by atoms with Gasteiger partial charge >= 0.3 is 5.97 Å². The highest BCUT2D eigenvalue weighted by atomic mass is 32.2. The maximum Gasteiger partial charge on any atom is 0.319 e. The number of ether oxygens (including phenoxy) is 2. The minimum atomic E-state index is -2.45. The second-order valence-corrected chi connectivity index (χ2v) is 6.47. The van der Waals surface area contributed by atoms with Gasteiger partial charge in [0, 0.05) is 42.1 Å². The predicted octanol–water partition coefficient (Wildman–Crippen LogP) is 0.868. The molecule has 1 atom stereocenters. The van der Waals surface area contributed by atoms with Crippen LogP contribution in [0.25, 0.3) is 0 Å². The van der Waals surface area contributed by atoms with Crippen molar-refractivity contribution in [3.8, 4) is 0 Å². The largest absolute Gasteiger partial charge is 0.760 e. The summed E-state index contributed by atoms with van der Waals surface area (Å²) in [6.45, 7) is 2.93. The lowest BCUT2D eigenvalue weighted by molar-refractivity contribution is -0.142. The monoisotopic (exact) mass is 373 g/mol. The zero-order valence-electron chi connectivity index (χ0n) is 14.0. The van der Waals surface area contributed by atoms with Gasteiger partial charge in [-0.25, -0.2) is 9.11 Å². The molecule has 1 aliphatic heterocycles. The van der Waals surface area contributed by atoms with Crippen molar-refractivity contribution in [1.82, 2.24) is 10.0 Å². The average Bonchev–Trinajstić information content (AvgIpc) is 2.60. The fourth-order valence-corrected chi connectivity index (χ4v) is 3.14. The van der Waals surface area contributed by atoms with Gasteiger partial charge in [0.15, 0.2) is 0 Å². The number of halogens is 1. The highest BCUT2D eigenvalue weighted by Gasteiger charge is 2.35. The molecule has 1 heterocycles. The maximum atomic E-state index is 14.4. The Kier molecular flexibility index (Phi) is 7.45. The van der Waals surface area contributed by atoms with Gasteiger partial charge in [-0.2, -0.15) is 0 Å². The molecule has 0 bridgehead atoms. The third-order valence-electron chi connectivity index (χ3n) is 4.21. The van der Waals surface area contributed by atoms with Crippen LogP contribution in [0.4, 0.5) is 4.39 Å². The molecule has 1 unspecified atom stereocenters. The van der Waals surface area contributed by atoms with E-state index in [0.29, 0.717) is 38.2 Å². The lowest BCUT2D eigenvalue weighted by Crippen LogP contribution is -2.49. The Morgan fingerprint density at radius 2 is 2.16 bits per heavy atom. The number of hydrogen-bond acceptors (Lipinski definition) is 6. The summed E-state index contributed by atoms with van der Waals surface area (Å²) in [5.74, 6) is -0.869. The molecular formula is C16H22FN2O5S-. The first kappa shape index (κ1) is 19.9. The summed E-state index contributed by atoms with van der Waals surface area (Å²) in [6.07, 6.45) is 1.18. The summed E-state index contributed by atoms with van der Waals surface area (Å²) in [4.78, 5) is 11.7. The van der Waals surface area contributed by atoms with Crippen LogP contribution in [0, 0.1) is 5.82 Å². The molecule has 0 aromatic heterocycles. The minimum Gasteiger partial charge on any atom is -0.760 e. The van der Waals surface area contributed by atoms with E-state index in [4.69, 9.17) is 9.47 Å². The fourth-order valence-electron chi connectivity index (χ4n) is 2.87. The van der Waals surface area contributed by atoms with E-state index < -0.39 is 22.6 Å². The minimum absolute atomic E-state index is 0.0218. The number of carbonyl (C=O) groups excluding carboxylic acids is 1. The second kappa shape index (κ2) is 9.35. The summed E-state index contributed by atoms with van der Waals surface area (Å²) in [5.41, 5.74) is 0.365. The molecule has 7 nitrogen and oxygen atoms in total. The van der Waals surface area contributed by atoms with Crippen molar-refractivity contribution in [2.45, 2.75) is 31.8 Å². The van der Waals surface area contributed by atoms with Gasteiger partial charge < -0.3 is 14.0 Å². The van der Waals surface area contributed by atoms with Gasteiger partial charge in [0.05, 0.1) is 13.2 Å². The highest BCUT2D eigenvalue weighted by Crippen LogP contribution is 2.33. The quantitative estimate of drug-likeness (QED) is 0.518. The fraction of sp³-hybridized carbons (Fsp3) is 0.562. The number of esters is 1. The highest BCUT2D eigenvalue weighted by molar-refractivity contribution is 7.77. The Bertz CT molecular complexity index is 623. The van der Waals surface area contributed by atoms with Crippen LogP contribution in [-0.2, 0) is 37.6 Å². The van der Waals surface area contributed by atoms with Crippen LogP contribution < -0.4 is 10.0 Å². The first-order chi connectivity index (χ1) is 12.0. The van der Waals surface area contributed by atoms with E-state index in [2.05, 4.69) is 10.0 Å². The van der Waals surface area contributed by atoms with E-state index in [-0.39, 0.29) is 24.6 Å². The molecule has 1 aromatic rings. The van der Waals surface area contributed by atoms with Crippen molar-refractivity contribution in [3.63, 3.8) is 0 Å². The molecule has 1 fully saturated rings. The van der Waals surface area contributed by atoms with Gasteiger partial charge in [-0.05, 0) is 31.4 Å². The van der Waals surface area contributed by atoms with E-state index in [1.807, 2.05) is 0 Å². The van der Waals surface area contributed by atoms with E-state index in [9.17, 15) is 17.9 Å². The van der Waals surface area contributed by atoms with Crippen LogP contribution in [0.5, 0.6) is 0 Å². The van der Waals surface area contributed by atoms with Crippen LogP contribution in [0.3, 0.4) is 0 Å². The lowest BCUT2D eigenvalue weighted by Gasteiger charge is -2.38. The molecule has 1 aliphatic rings. The summed E-state index contributed by atoms with van der Waals surface area (Å²) in [5, 5.41) is 3.20. The smallest absolute Gasteiger partial charge is 0.319 e. The lowest BCUT2D eigenvalue weighted by atomic mass is 9.82. The summed E-state index contributed by atoms with van der Waals surface area (Å²) >= 11 is -2.45. The van der Waals surface area contributed by atoms with E-state index in [1.54, 1.807) is 19.1 Å². The molecule has 25 heavy (non-hydrogen) atoms. The van der Waals surface area contributed by atoms with E-state index >= 15 is 0 Å². The van der Waals surface area contributed by atoms with Gasteiger partial charge in [0.25, 0.3) is 0 Å². The molecule has 0 aliphatic carbocycles. The van der Waals surface area contributed by atoms with Crippen LogP contribution in [0.15, 0.2) is 18.2 Å². The summed E-state index contributed by atoms with van der Waals surface area (Å²) in [7, 11) is 0. The molecule has 0 spiro atoms. The van der Waals surface area contributed by atoms with Gasteiger partial charge in [-0.1, -0.05) is 12.1 Å². The number of carbonyl (C=O) groups is 1. The van der Waals surface area contributed by atoms with Crippen molar-refractivity contribution >= 4 is 17.2 Å². The normalized spacial score (nSPS) is 17.9. The molecule has 2 N–H and O–H groups in total. The molecule has 0 saturated carbocycles. The van der Waals surface area contributed by atoms with Crippen molar-refractivity contribution in [1.29, 1.82) is 0 Å². The Hall–Kier alpha value is -1.39. The molecule has 0 amide bonds. The summed E-state index contributed by atoms with van der Waals surface area (Å²) in [6, 6.07) is 4.68. The SMILES string of the molecule is CCOC(=O)CNC1(c2ccc(CNS(=O)[O-])c(F)c2)CCOCC1. The summed E-state index contributed by atoms with van der Waals surface area (Å²) < 4.78 is 47.9.